The Bertz CT molecular complexity index is 690. The van der Waals surface area contributed by atoms with E-state index in [-0.39, 0.29) is 11.8 Å². The van der Waals surface area contributed by atoms with Crippen LogP contribution < -0.4 is 4.90 Å². The van der Waals surface area contributed by atoms with E-state index in [0.717, 1.165) is 31.7 Å². The number of anilines is 1. The zero-order valence-corrected chi connectivity index (χ0v) is 14.0. The van der Waals surface area contributed by atoms with Crippen LogP contribution in [0.1, 0.15) is 12.8 Å². The number of piperidine rings is 1. The summed E-state index contributed by atoms with van der Waals surface area (Å²) in [5, 5.41) is 12.5. The third-order valence-corrected chi connectivity index (χ3v) is 4.78. The van der Waals surface area contributed by atoms with Crippen molar-refractivity contribution in [1.29, 1.82) is 0 Å². The molecule has 4 rings (SSSR count). The molecule has 9 nitrogen and oxygen atoms in total. The molecule has 2 saturated heterocycles. The largest absolute Gasteiger partial charge is 0.378 e. The fraction of sp³-hybridized carbons (Fsp3) is 0.562. The molecule has 0 spiro atoms. The van der Waals surface area contributed by atoms with E-state index in [9.17, 15) is 4.79 Å². The lowest BCUT2D eigenvalue weighted by molar-refractivity contribution is -0.140. The van der Waals surface area contributed by atoms with Crippen LogP contribution in [-0.4, -0.2) is 75.2 Å². The van der Waals surface area contributed by atoms with E-state index in [1.165, 1.54) is 6.33 Å². The highest BCUT2D eigenvalue weighted by atomic mass is 16.5. The molecule has 0 bridgehead atoms. The van der Waals surface area contributed by atoms with Crippen molar-refractivity contribution in [2.24, 2.45) is 5.92 Å². The third kappa shape index (κ3) is 3.46. The maximum Gasteiger partial charge on any atom is 0.225 e. The Morgan fingerprint density at radius 3 is 2.40 bits per heavy atom. The van der Waals surface area contributed by atoms with E-state index in [1.54, 1.807) is 11.0 Å². The van der Waals surface area contributed by atoms with Crippen molar-refractivity contribution in [2.45, 2.75) is 12.8 Å². The van der Waals surface area contributed by atoms with Crippen molar-refractivity contribution in [3.05, 3.63) is 24.8 Å². The molecule has 0 unspecified atom stereocenters. The molecule has 2 aromatic rings. The Labute approximate surface area is 145 Å². The van der Waals surface area contributed by atoms with Gasteiger partial charge in [0, 0.05) is 32.1 Å². The van der Waals surface area contributed by atoms with Crippen LogP contribution in [0.2, 0.25) is 0 Å². The first-order valence-corrected chi connectivity index (χ1v) is 8.61. The van der Waals surface area contributed by atoms with Crippen molar-refractivity contribution >= 4 is 11.7 Å². The van der Waals surface area contributed by atoms with Crippen LogP contribution in [0.25, 0.3) is 5.82 Å². The molecule has 1 amide bonds. The molecule has 132 valence electrons. The number of carbonyl (C=O) groups is 1. The van der Waals surface area contributed by atoms with Gasteiger partial charge in [-0.3, -0.25) is 4.79 Å². The van der Waals surface area contributed by atoms with E-state index in [2.05, 4.69) is 25.2 Å². The summed E-state index contributed by atoms with van der Waals surface area (Å²) in [4.78, 5) is 20.6. The summed E-state index contributed by atoms with van der Waals surface area (Å²) in [6.45, 7) is 4.37. The quantitative estimate of drug-likeness (QED) is 0.783. The normalized spacial score (nSPS) is 19.2. The van der Waals surface area contributed by atoms with Crippen LogP contribution in [0.4, 0.5) is 5.82 Å². The van der Waals surface area contributed by atoms with Crippen LogP contribution in [0.5, 0.6) is 0 Å². The van der Waals surface area contributed by atoms with Gasteiger partial charge in [0.15, 0.2) is 11.6 Å². The number of morpholine rings is 1. The summed E-state index contributed by atoms with van der Waals surface area (Å²) in [6.07, 6.45) is 4.75. The number of nitrogens with zero attached hydrogens (tertiary/aromatic N) is 7. The van der Waals surface area contributed by atoms with Gasteiger partial charge < -0.3 is 14.5 Å². The fourth-order valence-corrected chi connectivity index (χ4v) is 3.33. The molecular weight excluding hydrogens is 322 g/mol. The first-order valence-electron chi connectivity index (χ1n) is 8.61. The minimum absolute atomic E-state index is 0.108. The van der Waals surface area contributed by atoms with Crippen LogP contribution in [0.15, 0.2) is 24.8 Å². The van der Waals surface area contributed by atoms with Crippen LogP contribution >= 0.6 is 0 Å². The summed E-state index contributed by atoms with van der Waals surface area (Å²) in [7, 11) is 0. The number of aromatic nitrogens is 5. The van der Waals surface area contributed by atoms with Crippen molar-refractivity contribution in [3.63, 3.8) is 0 Å². The summed E-state index contributed by atoms with van der Waals surface area (Å²) < 4.78 is 6.89. The molecule has 9 heteroatoms. The van der Waals surface area contributed by atoms with Gasteiger partial charge in [0.1, 0.15) is 12.7 Å². The number of amides is 1. The molecule has 0 N–H and O–H groups in total. The zero-order chi connectivity index (χ0) is 17.1. The molecule has 0 aliphatic carbocycles. The minimum atomic E-state index is 0.108. The zero-order valence-electron chi connectivity index (χ0n) is 14.0. The summed E-state index contributed by atoms with van der Waals surface area (Å²) in [5.74, 6) is 1.85. The van der Waals surface area contributed by atoms with Crippen molar-refractivity contribution < 1.29 is 9.53 Å². The average Bonchev–Trinajstić information content (AvgIpc) is 3.23. The lowest BCUT2D eigenvalue weighted by Gasteiger charge is -2.35. The topological polar surface area (TPSA) is 89.3 Å². The molecule has 2 aliphatic rings. The van der Waals surface area contributed by atoms with Crippen molar-refractivity contribution in [1.82, 2.24) is 29.9 Å². The SMILES string of the molecule is O=C(C1CCN(c2ccc(-n3cncn3)nn2)CC1)N1CCOCC1. The minimum Gasteiger partial charge on any atom is -0.378 e. The Morgan fingerprint density at radius 1 is 1.04 bits per heavy atom. The predicted molar refractivity (Wildman–Crippen MR) is 89.3 cm³/mol. The molecule has 2 aliphatic heterocycles. The Balaban J connectivity index is 1.34. The van der Waals surface area contributed by atoms with Crippen LogP contribution in [-0.2, 0) is 9.53 Å². The predicted octanol–water partition coefficient (Wildman–Crippen LogP) is 0.133. The van der Waals surface area contributed by atoms with Gasteiger partial charge in [-0.1, -0.05) is 0 Å². The molecule has 0 atom stereocenters. The number of rotatable bonds is 3. The highest BCUT2D eigenvalue weighted by molar-refractivity contribution is 5.79. The second kappa shape index (κ2) is 7.14. The smallest absolute Gasteiger partial charge is 0.225 e. The van der Waals surface area contributed by atoms with E-state index < -0.39 is 0 Å². The summed E-state index contributed by atoms with van der Waals surface area (Å²) >= 11 is 0. The van der Waals surface area contributed by atoms with Crippen LogP contribution in [0.3, 0.4) is 0 Å². The van der Waals surface area contributed by atoms with E-state index in [0.29, 0.717) is 32.1 Å². The molecule has 0 radical (unpaired) electrons. The van der Waals surface area contributed by atoms with Gasteiger partial charge in [-0.25, -0.2) is 9.67 Å². The van der Waals surface area contributed by atoms with Gasteiger partial charge >= 0.3 is 0 Å². The lowest BCUT2D eigenvalue weighted by Crippen LogP contribution is -2.47. The second-order valence-electron chi connectivity index (χ2n) is 6.29. The van der Waals surface area contributed by atoms with Gasteiger partial charge in [-0.05, 0) is 25.0 Å². The maximum atomic E-state index is 12.6. The molecule has 2 aromatic heterocycles. The first-order chi connectivity index (χ1) is 12.3. The number of ether oxygens (including phenoxy) is 1. The standard InChI is InChI=1S/C16H21N7O2/c24-16(22-7-9-25-10-8-22)13-3-5-21(6-4-13)14-1-2-15(20-19-14)23-12-17-11-18-23/h1-2,11-13H,3-10H2. The number of hydrogen-bond donors (Lipinski definition) is 0. The van der Waals surface area contributed by atoms with Crippen molar-refractivity contribution in [3.8, 4) is 5.82 Å². The van der Waals surface area contributed by atoms with Gasteiger partial charge in [0.05, 0.1) is 13.2 Å². The summed E-state index contributed by atoms with van der Waals surface area (Å²) in [6, 6.07) is 3.82. The van der Waals surface area contributed by atoms with Gasteiger partial charge in [0.2, 0.25) is 5.91 Å². The maximum absolute atomic E-state index is 12.6. The van der Waals surface area contributed by atoms with Crippen LogP contribution in [0, 0.1) is 5.92 Å². The highest BCUT2D eigenvalue weighted by Gasteiger charge is 2.29. The fourth-order valence-electron chi connectivity index (χ4n) is 3.33. The van der Waals surface area contributed by atoms with E-state index in [1.807, 2.05) is 17.0 Å². The monoisotopic (exact) mass is 343 g/mol. The van der Waals surface area contributed by atoms with Gasteiger partial charge in [-0.15, -0.1) is 10.2 Å². The molecular formula is C16H21N7O2. The van der Waals surface area contributed by atoms with E-state index >= 15 is 0 Å². The van der Waals surface area contributed by atoms with E-state index in [4.69, 9.17) is 4.74 Å². The molecule has 25 heavy (non-hydrogen) atoms. The molecule has 0 aromatic carbocycles. The van der Waals surface area contributed by atoms with Gasteiger partial charge in [0.25, 0.3) is 0 Å². The average molecular weight is 343 g/mol. The Morgan fingerprint density at radius 2 is 1.76 bits per heavy atom. The Kier molecular flexibility index (Phi) is 4.55. The van der Waals surface area contributed by atoms with Gasteiger partial charge in [-0.2, -0.15) is 5.10 Å². The first kappa shape index (κ1) is 15.9. The Hall–Kier alpha value is -2.55. The third-order valence-electron chi connectivity index (χ3n) is 4.78. The number of carbonyl (C=O) groups excluding carboxylic acids is 1. The highest BCUT2D eigenvalue weighted by Crippen LogP contribution is 2.23. The van der Waals surface area contributed by atoms with Crippen molar-refractivity contribution in [2.75, 3.05) is 44.3 Å². The molecule has 2 fully saturated rings. The lowest BCUT2D eigenvalue weighted by atomic mass is 9.95. The molecule has 4 heterocycles. The number of hydrogen-bond acceptors (Lipinski definition) is 7. The molecule has 0 saturated carbocycles. The summed E-state index contributed by atoms with van der Waals surface area (Å²) in [5.41, 5.74) is 0. The second-order valence-corrected chi connectivity index (χ2v) is 6.29.